The molecule has 0 bridgehead atoms. The van der Waals surface area contributed by atoms with Crippen LogP contribution in [0, 0.1) is 0 Å². The van der Waals surface area contributed by atoms with Crippen molar-refractivity contribution in [3.8, 4) is 0 Å². The maximum Gasteiger partial charge on any atom is 0.516 e. The van der Waals surface area contributed by atoms with Crippen molar-refractivity contribution in [2.24, 2.45) is 0 Å². The second kappa shape index (κ2) is 24.2. The Balaban J connectivity index is 0. The van der Waals surface area contributed by atoms with Gasteiger partial charge < -0.3 is 59.8 Å². The number of rotatable bonds is 4. The van der Waals surface area contributed by atoms with Crippen LogP contribution in [0.25, 0.3) is 0 Å². The van der Waals surface area contributed by atoms with Crippen LogP contribution in [0.2, 0.25) is 0 Å². The van der Waals surface area contributed by atoms with Crippen molar-refractivity contribution in [1.29, 1.82) is 0 Å². The molecule has 0 heterocycles. The van der Waals surface area contributed by atoms with Gasteiger partial charge in [0.1, 0.15) is 0 Å². The Hall–Kier alpha value is -8.04. The van der Waals surface area contributed by atoms with Crippen LogP contribution >= 0.6 is 0 Å². The molecule has 0 unspecified atom stereocenters. The van der Waals surface area contributed by atoms with E-state index in [2.05, 4.69) is 18.9 Å². The largest absolute Gasteiger partial charge is 0.516 e. The zero-order valence-corrected chi connectivity index (χ0v) is 24.4. The first-order valence-corrected chi connectivity index (χ1v) is 12.1. The van der Waals surface area contributed by atoms with Crippen LogP contribution in [0.4, 0.5) is 38.4 Å². The normalized spacial score (nSPS) is 8.64. The first kappa shape index (κ1) is 44.1. The summed E-state index contributed by atoms with van der Waals surface area (Å²) >= 11 is 0. The molecule has 0 saturated heterocycles. The van der Waals surface area contributed by atoms with Gasteiger partial charge in [-0.15, -0.1) is 0 Å². The molecule has 0 aliphatic rings. The van der Waals surface area contributed by atoms with Crippen molar-refractivity contribution >= 4 is 60.8 Å². The Labute approximate surface area is 276 Å². The van der Waals surface area contributed by atoms with Gasteiger partial charge in [0.25, 0.3) is 0 Å². The lowest BCUT2D eigenvalue weighted by Gasteiger charge is -2.08. The summed E-state index contributed by atoms with van der Waals surface area (Å²) in [7, 11) is 0. The minimum atomic E-state index is -1.81. The Bertz CT molecular complexity index is 1430. The zero-order valence-electron chi connectivity index (χ0n) is 24.4. The molecule has 0 atom stereocenters. The van der Waals surface area contributed by atoms with Crippen LogP contribution in [-0.4, -0.2) is 102 Å². The molecule has 3 aromatic carbocycles. The number of ether oxygens (including phenoxy) is 4. The maximum atomic E-state index is 12.7. The molecule has 0 aliphatic heterocycles. The van der Waals surface area contributed by atoms with Gasteiger partial charge in [0.2, 0.25) is 0 Å². The van der Waals surface area contributed by atoms with Gasteiger partial charge in [0.15, 0.2) is 11.6 Å². The number of carboxylic acid groups (broad SMARTS) is 8. The van der Waals surface area contributed by atoms with Crippen molar-refractivity contribution < 1.29 is 108 Å². The van der Waals surface area contributed by atoms with Crippen LogP contribution in [0.1, 0.15) is 31.8 Å². The van der Waals surface area contributed by atoms with Crippen LogP contribution in [-0.2, 0) is 18.9 Å². The van der Waals surface area contributed by atoms with Gasteiger partial charge in [0, 0.05) is 22.3 Å². The monoisotopic (exact) mass is 710 g/mol. The Kier molecular flexibility index (Phi) is 21.4. The lowest BCUT2D eigenvalue weighted by atomic mass is 9.93. The maximum absolute atomic E-state index is 12.7. The topological polar surface area (TPSA) is 369 Å². The molecule has 0 amide bonds. The number of hydrogen-bond donors (Lipinski definition) is 8. The summed E-state index contributed by atoms with van der Waals surface area (Å²) in [5, 5.41) is 59.8. The SMILES string of the molecule is O=C(O)OC(=O)O.O=C(O)OC(=O)O.O=C(O)OC(=O)O.O=C(O)OC(=O)O.O=C(c1ccccc1)c1ccccc1C(=O)c1ccccc1. The number of ketones is 2. The molecule has 0 radical (unpaired) electrons. The Morgan fingerprint density at radius 1 is 0.300 bits per heavy atom. The van der Waals surface area contributed by atoms with E-state index in [1.165, 1.54) is 0 Å². The fourth-order valence-electron chi connectivity index (χ4n) is 2.67. The van der Waals surface area contributed by atoms with Crippen LogP contribution in [0.5, 0.6) is 0 Å². The molecule has 22 heteroatoms. The van der Waals surface area contributed by atoms with Gasteiger partial charge in [0.05, 0.1) is 0 Å². The summed E-state index contributed by atoms with van der Waals surface area (Å²) in [6.07, 6.45) is -14.5. The minimum Gasteiger partial charge on any atom is -0.449 e. The quantitative estimate of drug-likeness (QED) is 0.0707. The first-order valence-electron chi connectivity index (χ1n) is 12.1. The molecule has 0 saturated carbocycles. The molecule has 266 valence electrons. The van der Waals surface area contributed by atoms with Crippen molar-refractivity contribution in [3.05, 3.63) is 107 Å². The van der Waals surface area contributed by atoms with Gasteiger partial charge in [-0.25, -0.2) is 38.4 Å². The summed E-state index contributed by atoms with van der Waals surface area (Å²) in [5.41, 5.74) is 2.02. The van der Waals surface area contributed by atoms with Crippen LogP contribution in [0.3, 0.4) is 0 Å². The number of benzene rings is 3. The zero-order chi connectivity index (χ0) is 38.8. The van der Waals surface area contributed by atoms with E-state index in [1.54, 1.807) is 48.5 Å². The molecule has 0 aromatic heterocycles. The highest BCUT2D eigenvalue weighted by atomic mass is 16.8. The third kappa shape index (κ3) is 23.4. The number of hydrogen-bond acceptors (Lipinski definition) is 14. The Morgan fingerprint density at radius 2 is 0.480 bits per heavy atom. The molecular formula is C28H22O22. The summed E-state index contributed by atoms with van der Waals surface area (Å²) in [6, 6.07) is 25.0. The molecule has 0 fully saturated rings. The highest BCUT2D eigenvalue weighted by Gasteiger charge is 2.18. The fourth-order valence-corrected chi connectivity index (χ4v) is 2.67. The van der Waals surface area contributed by atoms with E-state index in [0.717, 1.165) is 0 Å². The molecule has 0 spiro atoms. The van der Waals surface area contributed by atoms with E-state index in [9.17, 15) is 47.9 Å². The average molecular weight is 710 g/mol. The second-order valence-electron chi connectivity index (χ2n) is 7.47. The minimum absolute atomic E-state index is 0.138. The van der Waals surface area contributed by atoms with Crippen LogP contribution < -0.4 is 0 Å². The standard InChI is InChI=1S/C20H14O2.4C2H2O5/c21-19(15-9-3-1-4-10-15)17-13-7-8-14-18(17)20(22)16-11-5-2-6-12-16;4*3-1(4)7-2(5)6/h1-14H;4*(H,3,4)(H,5,6). The number of carbonyl (C=O) groups is 10. The van der Waals surface area contributed by atoms with Gasteiger partial charge >= 0.3 is 49.2 Å². The summed E-state index contributed by atoms with van der Waals surface area (Å²) < 4.78 is 12.3. The molecule has 8 N–H and O–H groups in total. The van der Waals surface area contributed by atoms with Crippen molar-refractivity contribution in [2.75, 3.05) is 0 Å². The van der Waals surface area contributed by atoms with Crippen LogP contribution in [0.15, 0.2) is 84.9 Å². The predicted molar refractivity (Wildman–Crippen MR) is 155 cm³/mol. The first-order chi connectivity index (χ1) is 23.3. The van der Waals surface area contributed by atoms with E-state index in [0.29, 0.717) is 22.3 Å². The Morgan fingerprint density at radius 3 is 0.640 bits per heavy atom. The fraction of sp³-hybridized carbons (Fsp3) is 0. The average Bonchev–Trinajstić information content (AvgIpc) is 3.00. The molecule has 22 nitrogen and oxygen atoms in total. The van der Waals surface area contributed by atoms with Crippen molar-refractivity contribution in [1.82, 2.24) is 0 Å². The molecular weight excluding hydrogens is 688 g/mol. The van der Waals surface area contributed by atoms with Gasteiger partial charge in [-0.3, -0.25) is 9.59 Å². The smallest absolute Gasteiger partial charge is 0.449 e. The van der Waals surface area contributed by atoms with E-state index >= 15 is 0 Å². The lowest BCUT2D eigenvalue weighted by molar-refractivity contribution is 0.0776. The molecule has 50 heavy (non-hydrogen) atoms. The highest BCUT2D eigenvalue weighted by Crippen LogP contribution is 2.18. The van der Waals surface area contributed by atoms with E-state index in [1.807, 2.05) is 36.4 Å². The second-order valence-corrected chi connectivity index (χ2v) is 7.47. The van der Waals surface area contributed by atoms with Crippen molar-refractivity contribution in [2.45, 2.75) is 0 Å². The molecule has 3 aromatic rings. The third-order valence-electron chi connectivity index (χ3n) is 4.19. The van der Waals surface area contributed by atoms with E-state index in [-0.39, 0.29) is 11.6 Å². The highest BCUT2D eigenvalue weighted by molar-refractivity contribution is 6.19. The van der Waals surface area contributed by atoms with Crippen molar-refractivity contribution in [3.63, 3.8) is 0 Å². The van der Waals surface area contributed by atoms with Gasteiger partial charge in [-0.05, 0) is 0 Å². The number of carbonyl (C=O) groups excluding carboxylic acids is 2. The predicted octanol–water partition coefficient (Wildman–Crippen LogP) is 5.58. The third-order valence-corrected chi connectivity index (χ3v) is 4.19. The van der Waals surface area contributed by atoms with E-state index < -0.39 is 49.2 Å². The summed E-state index contributed by atoms with van der Waals surface area (Å²) in [6.45, 7) is 0. The summed E-state index contributed by atoms with van der Waals surface area (Å²) in [5.74, 6) is -0.277. The van der Waals surface area contributed by atoms with Gasteiger partial charge in [-0.2, -0.15) is 0 Å². The molecule has 3 rings (SSSR count). The summed E-state index contributed by atoms with van der Waals surface area (Å²) in [4.78, 5) is 99.0. The lowest BCUT2D eigenvalue weighted by Crippen LogP contribution is -2.10. The van der Waals surface area contributed by atoms with E-state index in [4.69, 9.17) is 40.9 Å². The van der Waals surface area contributed by atoms with Gasteiger partial charge in [-0.1, -0.05) is 84.9 Å². The molecule has 0 aliphatic carbocycles.